The SMILES string of the molecule is CCC(=O)n1nc(C)c(CN)c1C. The quantitative estimate of drug-likeness (QED) is 0.740. The van der Waals surface area contributed by atoms with Crippen LogP contribution in [0.1, 0.15) is 35.1 Å². The van der Waals surface area contributed by atoms with Crippen molar-refractivity contribution in [1.29, 1.82) is 0 Å². The van der Waals surface area contributed by atoms with Gasteiger partial charge in [0.15, 0.2) is 0 Å². The average molecular weight is 181 g/mol. The third-order valence-electron chi connectivity index (χ3n) is 2.18. The summed E-state index contributed by atoms with van der Waals surface area (Å²) in [6.07, 6.45) is 0.464. The highest BCUT2D eigenvalue weighted by molar-refractivity contribution is 5.78. The third kappa shape index (κ3) is 1.62. The molecule has 4 nitrogen and oxygen atoms in total. The van der Waals surface area contributed by atoms with E-state index in [-0.39, 0.29) is 5.91 Å². The molecule has 0 aliphatic rings. The van der Waals surface area contributed by atoms with E-state index in [4.69, 9.17) is 5.73 Å². The number of hydrogen-bond acceptors (Lipinski definition) is 3. The highest BCUT2D eigenvalue weighted by atomic mass is 16.2. The minimum atomic E-state index is 0.0142. The number of aromatic nitrogens is 2. The van der Waals surface area contributed by atoms with E-state index in [1.54, 1.807) is 0 Å². The molecule has 1 heterocycles. The molecule has 0 spiro atoms. The van der Waals surface area contributed by atoms with Crippen LogP contribution in [0.2, 0.25) is 0 Å². The number of aryl methyl sites for hydroxylation is 1. The van der Waals surface area contributed by atoms with E-state index >= 15 is 0 Å². The fourth-order valence-corrected chi connectivity index (χ4v) is 1.36. The number of rotatable bonds is 2. The molecule has 72 valence electrons. The van der Waals surface area contributed by atoms with Gasteiger partial charge < -0.3 is 5.73 Å². The standard InChI is InChI=1S/C9H15N3O/c1-4-9(13)12-7(3)8(5-10)6(2)11-12/h4-5,10H2,1-3H3. The molecule has 0 amide bonds. The van der Waals surface area contributed by atoms with Crippen LogP contribution in [0.4, 0.5) is 0 Å². The fourth-order valence-electron chi connectivity index (χ4n) is 1.36. The summed E-state index contributed by atoms with van der Waals surface area (Å²) in [7, 11) is 0. The monoisotopic (exact) mass is 181 g/mol. The van der Waals surface area contributed by atoms with Gasteiger partial charge in [0.25, 0.3) is 0 Å². The minimum Gasteiger partial charge on any atom is -0.326 e. The van der Waals surface area contributed by atoms with E-state index in [9.17, 15) is 4.79 Å². The van der Waals surface area contributed by atoms with E-state index < -0.39 is 0 Å². The van der Waals surface area contributed by atoms with E-state index in [1.807, 2.05) is 20.8 Å². The number of hydrogen-bond donors (Lipinski definition) is 1. The van der Waals surface area contributed by atoms with Gasteiger partial charge in [-0.1, -0.05) is 6.92 Å². The molecule has 0 bridgehead atoms. The molecule has 0 saturated carbocycles. The Balaban J connectivity index is 3.18. The first-order valence-electron chi connectivity index (χ1n) is 4.40. The van der Waals surface area contributed by atoms with Gasteiger partial charge in [0.1, 0.15) is 0 Å². The molecule has 0 saturated heterocycles. The highest BCUT2D eigenvalue weighted by Gasteiger charge is 2.13. The molecule has 13 heavy (non-hydrogen) atoms. The molecule has 1 aromatic rings. The summed E-state index contributed by atoms with van der Waals surface area (Å²) in [5, 5.41) is 4.14. The lowest BCUT2D eigenvalue weighted by Crippen LogP contribution is -2.13. The number of carbonyl (C=O) groups is 1. The number of carbonyl (C=O) groups excluding carboxylic acids is 1. The van der Waals surface area contributed by atoms with Gasteiger partial charge in [-0.15, -0.1) is 0 Å². The van der Waals surface area contributed by atoms with Crippen LogP contribution in [0.25, 0.3) is 0 Å². The molecule has 1 aromatic heterocycles. The first kappa shape index (κ1) is 9.92. The van der Waals surface area contributed by atoms with Crippen LogP contribution in [0.3, 0.4) is 0 Å². The highest BCUT2D eigenvalue weighted by Crippen LogP contribution is 2.12. The van der Waals surface area contributed by atoms with Gasteiger partial charge in [0.05, 0.1) is 5.69 Å². The predicted molar refractivity (Wildman–Crippen MR) is 50.5 cm³/mol. The Labute approximate surface area is 77.7 Å². The number of nitrogens with two attached hydrogens (primary N) is 1. The van der Waals surface area contributed by atoms with Crippen LogP contribution in [0.15, 0.2) is 0 Å². The van der Waals surface area contributed by atoms with Gasteiger partial charge in [-0.05, 0) is 13.8 Å². The average Bonchev–Trinajstić information content (AvgIpc) is 2.40. The number of nitrogens with zero attached hydrogens (tertiary/aromatic N) is 2. The molecule has 0 aliphatic carbocycles. The summed E-state index contributed by atoms with van der Waals surface area (Å²) in [5.74, 6) is 0.0142. The van der Waals surface area contributed by atoms with Crippen molar-refractivity contribution in [2.24, 2.45) is 5.73 Å². The van der Waals surface area contributed by atoms with E-state index in [0.717, 1.165) is 17.0 Å². The lowest BCUT2D eigenvalue weighted by Gasteiger charge is -2.00. The first-order valence-corrected chi connectivity index (χ1v) is 4.40. The van der Waals surface area contributed by atoms with Crippen molar-refractivity contribution in [2.45, 2.75) is 33.7 Å². The summed E-state index contributed by atoms with van der Waals surface area (Å²) >= 11 is 0. The maximum atomic E-state index is 11.4. The summed E-state index contributed by atoms with van der Waals surface area (Å²) in [6, 6.07) is 0. The molecule has 0 radical (unpaired) electrons. The summed E-state index contributed by atoms with van der Waals surface area (Å²) in [6.45, 7) is 6.00. The Morgan fingerprint density at radius 2 is 2.15 bits per heavy atom. The normalized spacial score (nSPS) is 10.5. The van der Waals surface area contributed by atoms with Crippen LogP contribution < -0.4 is 5.73 Å². The van der Waals surface area contributed by atoms with Crippen molar-refractivity contribution in [2.75, 3.05) is 0 Å². The molecule has 2 N–H and O–H groups in total. The van der Waals surface area contributed by atoms with Gasteiger partial charge in [-0.2, -0.15) is 5.10 Å². The van der Waals surface area contributed by atoms with Crippen molar-refractivity contribution in [3.8, 4) is 0 Å². The molecule has 0 aromatic carbocycles. The van der Waals surface area contributed by atoms with Crippen molar-refractivity contribution >= 4 is 5.91 Å². The van der Waals surface area contributed by atoms with Gasteiger partial charge in [0.2, 0.25) is 5.91 Å². The lowest BCUT2D eigenvalue weighted by molar-refractivity contribution is 0.0890. The molecular formula is C9H15N3O. The molecule has 0 aliphatic heterocycles. The second-order valence-electron chi connectivity index (χ2n) is 3.01. The summed E-state index contributed by atoms with van der Waals surface area (Å²) in [5.41, 5.74) is 8.23. The lowest BCUT2D eigenvalue weighted by atomic mass is 10.2. The van der Waals surface area contributed by atoms with Crippen LogP contribution in [-0.4, -0.2) is 15.7 Å². The van der Waals surface area contributed by atoms with E-state index in [0.29, 0.717) is 13.0 Å². The molecule has 0 fully saturated rings. The molecule has 4 heteroatoms. The Kier molecular flexibility index (Phi) is 2.83. The van der Waals surface area contributed by atoms with Gasteiger partial charge in [-0.25, -0.2) is 4.68 Å². The van der Waals surface area contributed by atoms with Gasteiger partial charge >= 0.3 is 0 Å². The van der Waals surface area contributed by atoms with E-state index in [2.05, 4.69) is 5.10 Å². The van der Waals surface area contributed by atoms with Crippen LogP contribution in [0.5, 0.6) is 0 Å². The molecule has 0 unspecified atom stereocenters. The zero-order valence-corrected chi connectivity index (χ0v) is 8.29. The van der Waals surface area contributed by atoms with Gasteiger partial charge in [-0.3, -0.25) is 4.79 Å². The predicted octanol–water partition coefficient (Wildman–Crippen LogP) is 1.01. The maximum absolute atomic E-state index is 11.4. The van der Waals surface area contributed by atoms with Crippen LogP contribution >= 0.6 is 0 Å². The smallest absolute Gasteiger partial charge is 0.246 e. The summed E-state index contributed by atoms with van der Waals surface area (Å²) < 4.78 is 1.44. The fraction of sp³-hybridized carbons (Fsp3) is 0.556. The molecule has 0 atom stereocenters. The van der Waals surface area contributed by atoms with Crippen molar-refractivity contribution in [1.82, 2.24) is 9.78 Å². The largest absolute Gasteiger partial charge is 0.326 e. The maximum Gasteiger partial charge on any atom is 0.246 e. The Hall–Kier alpha value is -1.16. The van der Waals surface area contributed by atoms with Crippen molar-refractivity contribution in [3.05, 3.63) is 17.0 Å². The second-order valence-corrected chi connectivity index (χ2v) is 3.01. The molecular weight excluding hydrogens is 166 g/mol. The summed E-state index contributed by atoms with van der Waals surface area (Å²) in [4.78, 5) is 11.4. The minimum absolute atomic E-state index is 0.0142. The first-order chi connectivity index (χ1) is 6.11. The van der Waals surface area contributed by atoms with Crippen LogP contribution in [-0.2, 0) is 6.54 Å². The molecule has 1 rings (SSSR count). The Morgan fingerprint density at radius 1 is 1.54 bits per heavy atom. The Morgan fingerprint density at radius 3 is 2.54 bits per heavy atom. The topological polar surface area (TPSA) is 60.9 Å². The Bertz CT molecular complexity index is 328. The zero-order valence-electron chi connectivity index (χ0n) is 8.29. The zero-order chi connectivity index (χ0) is 10.0. The van der Waals surface area contributed by atoms with Crippen molar-refractivity contribution in [3.63, 3.8) is 0 Å². The van der Waals surface area contributed by atoms with Crippen molar-refractivity contribution < 1.29 is 4.79 Å². The van der Waals surface area contributed by atoms with E-state index in [1.165, 1.54) is 4.68 Å². The van der Waals surface area contributed by atoms with Gasteiger partial charge in [0, 0.05) is 24.2 Å². The van der Waals surface area contributed by atoms with Crippen LogP contribution in [0, 0.1) is 13.8 Å². The third-order valence-corrected chi connectivity index (χ3v) is 2.18. The second kappa shape index (κ2) is 3.70.